The number of carbonyl (C=O) groups excluding carboxylic acids is 3. The molecule has 6 heteroatoms. The van der Waals surface area contributed by atoms with Crippen molar-refractivity contribution in [3.8, 4) is 0 Å². The van der Waals surface area contributed by atoms with Crippen LogP contribution in [0.1, 0.15) is 22.0 Å². The number of rotatable bonds is 6. The highest BCUT2D eigenvalue weighted by molar-refractivity contribution is 5.97. The first-order valence-electron chi connectivity index (χ1n) is 7.76. The first-order chi connectivity index (χ1) is 12.0. The second-order valence-corrected chi connectivity index (χ2v) is 5.58. The van der Waals surface area contributed by atoms with Crippen LogP contribution >= 0.6 is 0 Å². The molecule has 2 rings (SSSR count). The number of likely N-dealkylation sites (N-methyl/N-ethyl adjacent to an activating group) is 1. The van der Waals surface area contributed by atoms with Crippen molar-refractivity contribution < 1.29 is 19.1 Å². The summed E-state index contributed by atoms with van der Waals surface area (Å²) in [5, 5.41) is 2.66. The predicted molar refractivity (Wildman–Crippen MR) is 92.7 cm³/mol. The standard InChI is InChI=1S/C19H20N2O4/c1-21(2)16(22)13-25-19(24)17(14-9-5-3-6-10-14)20-18(23)15-11-7-4-8-12-15/h3-12,17H,13H2,1-2H3,(H,20,23). The lowest BCUT2D eigenvalue weighted by molar-refractivity contribution is -0.152. The van der Waals surface area contributed by atoms with Crippen LogP contribution in [0.15, 0.2) is 60.7 Å². The van der Waals surface area contributed by atoms with Crippen molar-refractivity contribution in [2.45, 2.75) is 6.04 Å². The van der Waals surface area contributed by atoms with Gasteiger partial charge in [0.15, 0.2) is 12.6 Å². The summed E-state index contributed by atoms with van der Waals surface area (Å²) in [5.74, 6) is -1.43. The Balaban J connectivity index is 2.15. The molecule has 130 valence electrons. The van der Waals surface area contributed by atoms with Gasteiger partial charge in [0, 0.05) is 19.7 Å². The number of benzene rings is 2. The molecule has 1 N–H and O–H groups in total. The van der Waals surface area contributed by atoms with Crippen molar-refractivity contribution in [2.75, 3.05) is 20.7 Å². The highest BCUT2D eigenvalue weighted by atomic mass is 16.5. The van der Waals surface area contributed by atoms with E-state index in [9.17, 15) is 14.4 Å². The molecule has 0 aliphatic heterocycles. The highest BCUT2D eigenvalue weighted by Crippen LogP contribution is 2.15. The molecule has 0 radical (unpaired) electrons. The number of amides is 2. The fraction of sp³-hybridized carbons (Fsp3) is 0.211. The Kier molecular flexibility index (Phi) is 6.28. The van der Waals surface area contributed by atoms with Gasteiger partial charge in [-0.25, -0.2) is 4.79 Å². The monoisotopic (exact) mass is 340 g/mol. The molecule has 0 saturated carbocycles. The van der Waals surface area contributed by atoms with Crippen molar-refractivity contribution in [1.82, 2.24) is 10.2 Å². The molecule has 0 bridgehead atoms. The van der Waals surface area contributed by atoms with E-state index in [2.05, 4.69) is 5.32 Å². The van der Waals surface area contributed by atoms with Gasteiger partial charge in [-0.3, -0.25) is 9.59 Å². The minimum atomic E-state index is -0.996. The first-order valence-corrected chi connectivity index (χ1v) is 7.76. The van der Waals surface area contributed by atoms with E-state index >= 15 is 0 Å². The maximum absolute atomic E-state index is 12.4. The number of nitrogens with one attached hydrogen (secondary N) is 1. The van der Waals surface area contributed by atoms with Crippen LogP contribution in [0.2, 0.25) is 0 Å². The second kappa shape index (κ2) is 8.63. The highest BCUT2D eigenvalue weighted by Gasteiger charge is 2.25. The summed E-state index contributed by atoms with van der Waals surface area (Å²) in [6, 6.07) is 16.3. The largest absolute Gasteiger partial charge is 0.454 e. The molecule has 2 aromatic carbocycles. The lowest BCUT2D eigenvalue weighted by Crippen LogP contribution is -2.36. The van der Waals surface area contributed by atoms with Crippen LogP contribution < -0.4 is 5.32 Å². The number of ether oxygens (including phenoxy) is 1. The molecule has 6 nitrogen and oxygen atoms in total. The predicted octanol–water partition coefficient (Wildman–Crippen LogP) is 1.79. The average Bonchev–Trinajstić information content (AvgIpc) is 2.65. The maximum Gasteiger partial charge on any atom is 0.333 e. The number of hydrogen-bond donors (Lipinski definition) is 1. The van der Waals surface area contributed by atoms with Crippen molar-refractivity contribution >= 4 is 17.8 Å². The lowest BCUT2D eigenvalue weighted by atomic mass is 10.1. The van der Waals surface area contributed by atoms with Crippen LogP contribution in [0, 0.1) is 0 Å². The maximum atomic E-state index is 12.4. The van der Waals surface area contributed by atoms with Crippen LogP contribution in [0.25, 0.3) is 0 Å². The van der Waals surface area contributed by atoms with Gasteiger partial charge in [-0.1, -0.05) is 48.5 Å². The summed E-state index contributed by atoms with van der Waals surface area (Å²) in [7, 11) is 3.14. The molecule has 0 aromatic heterocycles. The fourth-order valence-electron chi connectivity index (χ4n) is 2.07. The topological polar surface area (TPSA) is 75.7 Å². The van der Waals surface area contributed by atoms with E-state index in [1.807, 2.05) is 0 Å². The van der Waals surface area contributed by atoms with E-state index in [0.29, 0.717) is 11.1 Å². The first kappa shape index (κ1) is 18.2. The molecule has 0 saturated heterocycles. The van der Waals surface area contributed by atoms with Crippen LogP contribution in [-0.2, 0) is 14.3 Å². The lowest BCUT2D eigenvalue weighted by Gasteiger charge is -2.19. The van der Waals surface area contributed by atoms with E-state index in [-0.39, 0.29) is 12.5 Å². The summed E-state index contributed by atoms with van der Waals surface area (Å²) in [4.78, 5) is 37.8. The summed E-state index contributed by atoms with van der Waals surface area (Å²) in [5.41, 5.74) is 1.01. The number of nitrogens with zero attached hydrogens (tertiary/aromatic N) is 1. The van der Waals surface area contributed by atoms with E-state index in [0.717, 1.165) is 0 Å². The van der Waals surface area contributed by atoms with E-state index in [4.69, 9.17) is 4.74 Å². The van der Waals surface area contributed by atoms with Gasteiger partial charge in [0.25, 0.3) is 11.8 Å². The summed E-state index contributed by atoms with van der Waals surface area (Å²) >= 11 is 0. The Morgan fingerprint density at radius 1 is 0.960 bits per heavy atom. The van der Waals surface area contributed by atoms with Gasteiger partial charge in [-0.05, 0) is 17.7 Å². The molecule has 2 amide bonds. The molecule has 25 heavy (non-hydrogen) atoms. The van der Waals surface area contributed by atoms with Crippen LogP contribution in [0.3, 0.4) is 0 Å². The second-order valence-electron chi connectivity index (χ2n) is 5.58. The Hall–Kier alpha value is -3.15. The van der Waals surface area contributed by atoms with Crippen molar-refractivity contribution in [3.05, 3.63) is 71.8 Å². The third kappa shape index (κ3) is 5.17. The summed E-state index contributed by atoms with van der Waals surface area (Å²) < 4.78 is 5.07. The average molecular weight is 340 g/mol. The van der Waals surface area contributed by atoms with Gasteiger partial charge in [0.1, 0.15) is 0 Å². The zero-order valence-electron chi connectivity index (χ0n) is 14.1. The minimum Gasteiger partial charge on any atom is -0.454 e. The van der Waals surface area contributed by atoms with E-state index < -0.39 is 17.9 Å². The third-order valence-corrected chi connectivity index (χ3v) is 3.52. The molecule has 0 heterocycles. The Labute approximate surface area is 146 Å². The zero-order valence-corrected chi connectivity index (χ0v) is 14.1. The summed E-state index contributed by atoms with van der Waals surface area (Å²) in [6.07, 6.45) is 0. The molecule has 2 aromatic rings. The molecule has 1 unspecified atom stereocenters. The van der Waals surface area contributed by atoms with Gasteiger partial charge in [-0.15, -0.1) is 0 Å². The SMILES string of the molecule is CN(C)C(=O)COC(=O)C(NC(=O)c1ccccc1)c1ccccc1. The normalized spacial score (nSPS) is 11.3. The molecule has 0 aliphatic carbocycles. The molecule has 0 aliphatic rings. The van der Waals surface area contributed by atoms with Gasteiger partial charge >= 0.3 is 5.97 Å². The van der Waals surface area contributed by atoms with E-state index in [1.54, 1.807) is 74.8 Å². The van der Waals surface area contributed by atoms with Gasteiger partial charge in [-0.2, -0.15) is 0 Å². The van der Waals surface area contributed by atoms with Crippen LogP contribution in [0.4, 0.5) is 0 Å². The number of hydrogen-bond acceptors (Lipinski definition) is 4. The van der Waals surface area contributed by atoms with E-state index in [1.165, 1.54) is 4.90 Å². The molecule has 1 atom stereocenters. The van der Waals surface area contributed by atoms with Gasteiger partial charge in [0.2, 0.25) is 0 Å². The van der Waals surface area contributed by atoms with Crippen molar-refractivity contribution in [2.24, 2.45) is 0 Å². The number of esters is 1. The Bertz CT molecular complexity index is 730. The fourth-order valence-corrected chi connectivity index (χ4v) is 2.07. The van der Waals surface area contributed by atoms with Crippen molar-refractivity contribution in [1.29, 1.82) is 0 Å². The van der Waals surface area contributed by atoms with Crippen molar-refractivity contribution in [3.63, 3.8) is 0 Å². The smallest absolute Gasteiger partial charge is 0.333 e. The van der Waals surface area contributed by atoms with Gasteiger partial charge in [0.05, 0.1) is 0 Å². The molecular weight excluding hydrogens is 320 g/mol. The Morgan fingerprint density at radius 3 is 2.08 bits per heavy atom. The molecule has 0 fully saturated rings. The zero-order chi connectivity index (χ0) is 18.2. The van der Waals surface area contributed by atoms with Crippen LogP contribution in [-0.4, -0.2) is 43.4 Å². The quantitative estimate of drug-likeness (QED) is 0.814. The number of carbonyl (C=O) groups is 3. The third-order valence-electron chi connectivity index (χ3n) is 3.52. The van der Waals surface area contributed by atoms with Crippen LogP contribution in [0.5, 0.6) is 0 Å². The molecular formula is C19H20N2O4. The minimum absolute atomic E-state index is 0.338. The van der Waals surface area contributed by atoms with Gasteiger partial charge < -0.3 is 15.0 Å². The summed E-state index contributed by atoms with van der Waals surface area (Å²) in [6.45, 7) is -0.379. The Morgan fingerprint density at radius 2 is 1.52 bits per heavy atom. The molecule has 0 spiro atoms.